The molecule has 0 N–H and O–H groups in total. The topological polar surface area (TPSA) is 49.9 Å². The molecule has 0 aromatic heterocycles. The number of carbonyl (C=O) groups excluding carboxylic acids is 2. The summed E-state index contributed by atoms with van der Waals surface area (Å²) in [6.45, 7) is 8.79. The Morgan fingerprint density at radius 3 is 2.48 bits per heavy atom. The van der Waals surface area contributed by atoms with E-state index in [1.165, 1.54) is 12.8 Å². The van der Waals surface area contributed by atoms with E-state index < -0.39 is 5.60 Å². The van der Waals surface area contributed by atoms with Gasteiger partial charge in [0.2, 0.25) is 5.91 Å². The highest BCUT2D eigenvalue weighted by Gasteiger charge is 2.43. The van der Waals surface area contributed by atoms with E-state index in [1.807, 2.05) is 25.7 Å². The van der Waals surface area contributed by atoms with E-state index in [-0.39, 0.29) is 12.0 Å². The maximum atomic E-state index is 12.2. The van der Waals surface area contributed by atoms with E-state index in [1.54, 1.807) is 4.90 Å². The molecule has 21 heavy (non-hydrogen) atoms. The number of rotatable bonds is 2. The number of ether oxygens (including phenoxy) is 1. The van der Waals surface area contributed by atoms with Crippen LogP contribution in [-0.4, -0.2) is 53.6 Å². The second kappa shape index (κ2) is 5.18. The van der Waals surface area contributed by atoms with Gasteiger partial charge in [-0.25, -0.2) is 4.79 Å². The van der Waals surface area contributed by atoms with Crippen molar-refractivity contribution >= 4 is 12.0 Å². The molecule has 1 saturated carbocycles. The lowest BCUT2D eigenvalue weighted by Crippen LogP contribution is -2.44. The van der Waals surface area contributed by atoms with Gasteiger partial charge in [-0.2, -0.15) is 0 Å². The van der Waals surface area contributed by atoms with Crippen LogP contribution in [0.15, 0.2) is 0 Å². The monoisotopic (exact) mass is 294 g/mol. The molecule has 0 aromatic carbocycles. The zero-order chi connectivity index (χ0) is 15.2. The largest absolute Gasteiger partial charge is 0.444 e. The third kappa shape index (κ3) is 3.50. The second-order valence-corrected chi connectivity index (χ2v) is 7.85. The van der Waals surface area contributed by atoms with Gasteiger partial charge in [0.05, 0.1) is 0 Å². The summed E-state index contributed by atoms with van der Waals surface area (Å²) < 4.78 is 5.44. The first kappa shape index (κ1) is 14.7. The summed E-state index contributed by atoms with van der Waals surface area (Å²) in [6, 6.07) is 0. The minimum Gasteiger partial charge on any atom is -0.444 e. The standard InChI is InChI=1S/C16H26N2O3/c1-16(2,3)21-15(20)18-8-12-6-14(19)17(7-11-4-5-11)9-13(12)10-18/h11-13H,4-10H2,1-3H3/t12-,13-/m1/s1. The van der Waals surface area contributed by atoms with Crippen molar-refractivity contribution in [2.24, 2.45) is 17.8 Å². The molecule has 3 rings (SSSR count). The van der Waals surface area contributed by atoms with Gasteiger partial charge in [0.1, 0.15) is 5.60 Å². The van der Waals surface area contributed by atoms with Gasteiger partial charge in [-0.1, -0.05) is 0 Å². The molecule has 2 aliphatic heterocycles. The number of hydrogen-bond donors (Lipinski definition) is 0. The third-order valence-corrected chi connectivity index (χ3v) is 4.65. The zero-order valence-corrected chi connectivity index (χ0v) is 13.3. The molecule has 1 aliphatic carbocycles. The molecule has 0 aromatic rings. The van der Waals surface area contributed by atoms with Gasteiger partial charge in [-0.3, -0.25) is 4.79 Å². The van der Waals surface area contributed by atoms with Gasteiger partial charge in [0.15, 0.2) is 0 Å². The number of amides is 2. The lowest BCUT2D eigenvalue weighted by Gasteiger charge is -2.34. The van der Waals surface area contributed by atoms with Crippen molar-refractivity contribution in [3.63, 3.8) is 0 Å². The molecule has 2 atom stereocenters. The Morgan fingerprint density at radius 2 is 1.86 bits per heavy atom. The Bertz CT molecular complexity index is 439. The van der Waals surface area contributed by atoms with Gasteiger partial charge < -0.3 is 14.5 Å². The van der Waals surface area contributed by atoms with Gasteiger partial charge >= 0.3 is 6.09 Å². The molecular weight excluding hydrogens is 268 g/mol. The Hall–Kier alpha value is -1.26. The minimum absolute atomic E-state index is 0.238. The Kier molecular flexibility index (Phi) is 3.62. The Balaban J connectivity index is 1.57. The van der Waals surface area contributed by atoms with Crippen molar-refractivity contribution < 1.29 is 14.3 Å². The molecule has 5 nitrogen and oxygen atoms in total. The van der Waals surface area contributed by atoms with E-state index in [0.29, 0.717) is 24.8 Å². The van der Waals surface area contributed by atoms with Crippen molar-refractivity contribution in [3.05, 3.63) is 0 Å². The zero-order valence-electron chi connectivity index (χ0n) is 13.3. The fraction of sp³-hybridized carbons (Fsp3) is 0.875. The minimum atomic E-state index is -0.460. The number of nitrogens with zero attached hydrogens (tertiary/aromatic N) is 2. The summed E-state index contributed by atoms with van der Waals surface area (Å²) in [6.07, 6.45) is 2.89. The lowest BCUT2D eigenvalue weighted by molar-refractivity contribution is -0.136. The van der Waals surface area contributed by atoms with E-state index >= 15 is 0 Å². The second-order valence-electron chi connectivity index (χ2n) is 7.85. The highest BCUT2D eigenvalue weighted by molar-refractivity contribution is 5.78. The van der Waals surface area contributed by atoms with E-state index in [0.717, 1.165) is 25.6 Å². The van der Waals surface area contributed by atoms with Crippen LogP contribution in [0.5, 0.6) is 0 Å². The Morgan fingerprint density at radius 1 is 1.19 bits per heavy atom. The summed E-state index contributed by atoms with van der Waals surface area (Å²) in [7, 11) is 0. The van der Waals surface area contributed by atoms with Crippen LogP contribution in [0.3, 0.4) is 0 Å². The maximum absolute atomic E-state index is 12.2. The molecule has 2 amide bonds. The van der Waals surface area contributed by atoms with Crippen LogP contribution in [0, 0.1) is 17.8 Å². The molecule has 5 heteroatoms. The molecule has 3 fully saturated rings. The van der Waals surface area contributed by atoms with Crippen LogP contribution in [-0.2, 0) is 9.53 Å². The van der Waals surface area contributed by atoms with Gasteiger partial charge in [-0.05, 0) is 51.4 Å². The van der Waals surface area contributed by atoms with Gasteiger partial charge in [0.25, 0.3) is 0 Å². The molecule has 0 bridgehead atoms. The molecule has 3 aliphatic rings. The smallest absolute Gasteiger partial charge is 0.410 e. The normalized spacial score (nSPS) is 29.6. The summed E-state index contributed by atoms with van der Waals surface area (Å²) in [5.74, 6) is 1.75. The average Bonchev–Trinajstić information content (AvgIpc) is 3.06. The molecule has 0 unspecified atom stereocenters. The van der Waals surface area contributed by atoms with Crippen molar-refractivity contribution in [2.45, 2.75) is 45.6 Å². The van der Waals surface area contributed by atoms with Crippen LogP contribution >= 0.6 is 0 Å². The lowest BCUT2D eigenvalue weighted by atomic mass is 9.88. The van der Waals surface area contributed by atoms with Crippen molar-refractivity contribution in [1.29, 1.82) is 0 Å². The molecule has 118 valence electrons. The number of likely N-dealkylation sites (tertiary alicyclic amines) is 2. The first-order chi connectivity index (χ1) is 9.82. The molecule has 2 saturated heterocycles. The molecule has 0 radical (unpaired) electrons. The fourth-order valence-electron chi connectivity index (χ4n) is 3.38. The number of piperidine rings is 1. The summed E-state index contributed by atoms with van der Waals surface area (Å²) >= 11 is 0. The quantitative estimate of drug-likeness (QED) is 0.784. The molecule has 0 spiro atoms. The van der Waals surface area contributed by atoms with Crippen molar-refractivity contribution in [2.75, 3.05) is 26.2 Å². The highest BCUT2D eigenvalue weighted by Crippen LogP contribution is 2.36. The third-order valence-electron chi connectivity index (χ3n) is 4.65. The first-order valence-corrected chi connectivity index (χ1v) is 8.07. The summed E-state index contributed by atoms with van der Waals surface area (Å²) in [5, 5.41) is 0. The average molecular weight is 294 g/mol. The van der Waals surface area contributed by atoms with Crippen LogP contribution in [0.1, 0.15) is 40.0 Å². The van der Waals surface area contributed by atoms with Gasteiger partial charge in [0, 0.05) is 32.6 Å². The highest BCUT2D eigenvalue weighted by atomic mass is 16.6. The number of hydrogen-bond acceptors (Lipinski definition) is 3. The maximum Gasteiger partial charge on any atom is 0.410 e. The van der Waals surface area contributed by atoms with Crippen LogP contribution < -0.4 is 0 Å². The SMILES string of the molecule is CC(C)(C)OC(=O)N1C[C@H]2CC(=O)N(CC3CC3)C[C@@H]2C1. The van der Waals surface area contributed by atoms with Gasteiger partial charge in [-0.15, -0.1) is 0 Å². The van der Waals surface area contributed by atoms with E-state index in [9.17, 15) is 9.59 Å². The molecular formula is C16H26N2O3. The van der Waals surface area contributed by atoms with Crippen LogP contribution in [0.25, 0.3) is 0 Å². The molecule has 2 heterocycles. The summed E-state index contributed by atoms with van der Waals surface area (Å²) in [5.41, 5.74) is -0.460. The van der Waals surface area contributed by atoms with Crippen molar-refractivity contribution in [3.8, 4) is 0 Å². The van der Waals surface area contributed by atoms with Crippen molar-refractivity contribution in [1.82, 2.24) is 9.80 Å². The number of fused-ring (bicyclic) bond motifs is 1. The first-order valence-electron chi connectivity index (χ1n) is 8.07. The van der Waals surface area contributed by atoms with E-state index in [4.69, 9.17) is 4.74 Å². The fourth-order valence-corrected chi connectivity index (χ4v) is 3.38. The predicted molar refractivity (Wildman–Crippen MR) is 78.7 cm³/mol. The Labute approximate surface area is 126 Å². The number of carbonyl (C=O) groups is 2. The van der Waals surface area contributed by atoms with Crippen LogP contribution in [0.2, 0.25) is 0 Å². The predicted octanol–water partition coefficient (Wildman–Crippen LogP) is 2.11. The van der Waals surface area contributed by atoms with Crippen LogP contribution in [0.4, 0.5) is 4.79 Å². The van der Waals surface area contributed by atoms with E-state index in [2.05, 4.69) is 0 Å². The summed E-state index contributed by atoms with van der Waals surface area (Å²) in [4.78, 5) is 28.2.